The third-order valence-corrected chi connectivity index (χ3v) is 5.64. The molecule has 1 heterocycles. The van der Waals surface area contributed by atoms with E-state index >= 15 is 0 Å². The number of nitrogens with one attached hydrogen (secondary N) is 2. The molecule has 0 bridgehead atoms. The third-order valence-electron chi connectivity index (χ3n) is 4.37. The second-order valence-electron chi connectivity index (χ2n) is 6.79. The fraction of sp³-hybridized carbons (Fsp3) is 0.286. The van der Waals surface area contributed by atoms with Crippen LogP contribution < -0.4 is 15.5 Å². The molecule has 7 nitrogen and oxygen atoms in total. The molecule has 29 heavy (non-hydrogen) atoms. The van der Waals surface area contributed by atoms with Gasteiger partial charge in [-0.2, -0.15) is 0 Å². The van der Waals surface area contributed by atoms with Crippen LogP contribution in [0.2, 0.25) is 0 Å². The zero-order chi connectivity index (χ0) is 20.8. The number of carbonyl (C=O) groups excluding carboxylic acids is 3. The Morgan fingerprint density at radius 1 is 1.14 bits per heavy atom. The summed E-state index contributed by atoms with van der Waals surface area (Å²) in [6.45, 7) is -0.0219. The van der Waals surface area contributed by atoms with E-state index in [0.29, 0.717) is 6.54 Å². The van der Waals surface area contributed by atoms with Gasteiger partial charge in [0.1, 0.15) is 0 Å². The van der Waals surface area contributed by atoms with Crippen LogP contribution >= 0.6 is 11.8 Å². The number of hydrogen-bond acceptors (Lipinski definition) is 6. The predicted molar refractivity (Wildman–Crippen MR) is 113 cm³/mol. The summed E-state index contributed by atoms with van der Waals surface area (Å²) in [5, 5.41) is 4.92. The monoisotopic (exact) mass is 413 g/mol. The van der Waals surface area contributed by atoms with E-state index in [1.54, 1.807) is 0 Å². The minimum Gasteiger partial charge on any atom is -0.456 e. The van der Waals surface area contributed by atoms with Gasteiger partial charge in [-0.3, -0.25) is 14.4 Å². The lowest BCUT2D eigenvalue weighted by Gasteiger charge is -2.23. The highest BCUT2D eigenvalue weighted by atomic mass is 32.2. The van der Waals surface area contributed by atoms with Crippen molar-refractivity contribution in [2.24, 2.45) is 0 Å². The van der Waals surface area contributed by atoms with E-state index in [4.69, 9.17) is 4.74 Å². The molecule has 0 fully saturated rings. The van der Waals surface area contributed by atoms with Gasteiger partial charge in [-0.05, 0) is 29.8 Å². The van der Waals surface area contributed by atoms with Crippen molar-refractivity contribution >= 4 is 40.9 Å². The first kappa shape index (κ1) is 20.7. The lowest BCUT2D eigenvalue weighted by Crippen LogP contribution is -2.33. The average molecular weight is 413 g/mol. The van der Waals surface area contributed by atoms with Gasteiger partial charge in [0.15, 0.2) is 6.61 Å². The number of thioether (sulfide) groups is 1. The smallest absolute Gasteiger partial charge is 0.307 e. The first-order valence-corrected chi connectivity index (χ1v) is 10.1. The fourth-order valence-electron chi connectivity index (χ4n) is 2.75. The summed E-state index contributed by atoms with van der Waals surface area (Å²) < 4.78 is 5.03. The van der Waals surface area contributed by atoms with Crippen molar-refractivity contribution in [1.82, 2.24) is 5.32 Å². The maximum absolute atomic E-state index is 12.1. The van der Waals surface area contributed by atoms with E-state index in [-0.39, 0.29) is 24.8 Å². The van der Waals surface area contributed by atoms with Crippen LogP contribution in [0.5, 0.6) is 0 Å². The van der Waals surface area contributed by atoms with Crippen molar-refractivity contribution in [3.8, 4) is 0 Å². The molecule has 2 aromatic carbocycles. The maximum Gasteiger partial charge on any atom is 0.307 e. The van der Waals surface area contributed by atoms with Gasteiger partial charge >= 0.3 is 5.97 Å². The second kappa shape index (κ2) is 9.47. The van der Waals surface area contributed by atoms with Crippen LogP contribution in [-0.4, -0.2) is 43.7 Å². The molecule has 0 spiro atoms. The number of fused-ring (bicyclic) bond motifs is 1. The van der Waals surface area contributed by atoms with E-state index in [9.17, 15) is 14.4 Å². The summed E-state index contributed by atoms with van der Waals surface area (Å²) in [7, 11) is 3.92. The summed E-state index contributed by atoms with van der Waals surface area (Å²) in [5.74, 6) is -1.21. The summed E-state index contributed by atoms with van der Waals surface area (Å²) in [4.78, 5) is 39.0. The third kappa shape index (κ3) is 5.74. The molecule has 152 valence electrons. The Hall–Kier alpha value is -3.00. The minimum absolute atomic E-state index is 0.0931. The predicted octanol–water partition coefficient (Wildman–Crippen LogP) is 2.42. The van der Waals surface area contributed by atoms with Gasteiger partial charge in [0.2, 0.25) is 5.91 Å². The van der Waals surface area contributed by atoms with E-state index in [0.717, 1.165) is 21.8 Å². The lowest BCUT2D eigenvalue weighted by atomic mass is 10.2. The molecular formula is C21H23N3O4S. The van der Waals surface area contributed by atoms with Crippen LogP contribution in [0.25, 0.3) is 0 Å². The van der Waals surface area contributed by atoms with Crippen molar-refractivity contribution in [3.05, 3.63) is 54.1 Å². The van der Waals surface area contributed by atoms with Crippen molar-refractivity contribution in [2.45, 2.75) is 23.1 Å². The number of ether oxygens (including phenoxy) is 1. The molecule has 0 aromatic heterocycles. The Bertz CT molecular complexity index is 899. The lowest BCUT2D eigenvalue weighted by molar-refractivity contribution is -0.149. The van der Waals surface area contributed by atoms with Gasteiger partial charge in [0, 0.05) is 31.2 Å². The molecule has 0 saturated carbocycles. The summed E-state index contributed by atoms with van der Waals surface area (Å²) >= 11 is 1.32. The number of anilines is 2. The molecule has 2 amide bonds. The fourth-order valence-corrected chi connectivity index (χ4v) is 3.84. The number of esters is 1. The largest absolute Gasteiger partial charge is 0.456 e. The standard InChI is InChI=1S/C21H23N3O4S/c1-24(2)15-9-7-14(8-10-15)12-22-19(25)13-28-20(26)11-18-21(27)23-16-5-3-4-6-17(16)29-18/h3-10,18H,11-13H2,1-2H3,(H,22,25)(H,23,27)/t18-/m0/s1. The molecule has 2 aromatic rings. The van der Waals surface area contributed by atoms with Crippen molar-refractivity contribution in [3.63, 3.8) is 0 Å². The molecule has 1 aliphatic rings. The van der Waals surface area contributed by atoms with Gasteiger partial charge in [-0.25, -0.2) is 0 Å². The molecular weight excluding hydrogens is 390 g/mol. The molecule has 0 radical (unpaired) electrons. The van der Waals surface area contributed by atoms with Gasteiger partial charge in [0.05, 0.1) is 17.4 Å². The SMILES string of the molecule is CN(C)c1ccc(CNC(=O)COC(=O)C[C@@H]2Sc3ccccc3NC2=O)cc1. The summed E-state index contributed by atoms with van der Waals surface area (Å²) in [6, 6.07) is 15.2. The first-order chi connectivity index (χ1) is 13.9. The van der Waals surface area contributed by atoms with Crippen molar-refractivity contribution in [1.29, 1.82) is 0 Å². The number of hydrogen-bond donors (Lipinski definition) is 2. The van der Waals surface area contributed by atoms with E-state index in [1.165, 1.54) is 11.8 Å². The Morgan fingerprint density at radius 2 is 1.86 bits per heavy atom. The number of carbonyl (C=O) groups is 3. The summed E-state index contributed by atoms with van der Waals surface area (Å²) in [5.41, 5.74) is 2.76. The molecule has 3 rings (SSSR count). The van der Waals surface area contributed by atoms with E-state index in [1.807, 2.05) is 67.5 Å². The topological polar surface area (TPSA) is 87.7 Å². The highest BCUT2D eigenvalue weighted by Crippen LogP contribution is 2.36. The van der Waals surface area contributed by atoms with E-state index < -0.39 is 11.2 Å². The number of amides is 2. The van der Waals surface area contributed by atoms with Crippen molar-refractivity contribution < 1.29 is 19.1 Å². The van der Waals surface area contributed by atoms with E-state index in [2.05, 4.69) is 10.6 Å². The Labute approximate surface area is 173 Å². The van der Waals surface area contributed by atoms with Crippen LogP contribution in [0.15, 0.2) is 53.4 Å². The highest BCUT2D eigenvalue weighted by molar-refractivity contribution is 8.01. The number of para-hydroxylation sites is 1. The quantitative estimate of drug-likeness (QED) is 0.678. The highest BCUT2D eigenvalue weighted by Gasteiger charge is 2.29. The zero-order valence-corrected chi connectivity index (χ0v) is 17.1. The van der Waals surface area contributed by atoms with Crippen LogP contribution in [0.3, 0.4) is 0 Å². The van der Waals surface area contributed by atoms with Gasteiger partial charge < -0.3 is 20.3 Å². The minimum atomic E-state index is -0.581. The molecule has 1 atom stereocenters. The molecule has 2 N–H and O–H groups in total. The van der Waals surface area contributed by atoms with Gasteiger partial charge in [0.25, 0.3) is 5.91 Å². The molecule has 0 saturated heterocycles. The molecule has 0 unspecified atom stereocenters. The molecule has 8 heteroatoms. The Kier molecular flexibility index (Phi) is 6.77. The maximum atomic E-state index is 12.1. The van der Waals surface area contributed by atoms with Gasteiger partial charge in [-0.15, -0.1) is 11.8 Å². The Balaban J connectivity index is 1.41. The van der Waals surface area contributed by atoms with Gasteiger partial charge in [-0.1, -0.05) is 24.3 Å². The Morgan fingerprint density at radius 3 is 2.59 bits per heavy atom. The number of nitrogens with zero attached hydrogens (tertiary/aromatic N) is 1. The van der Waals surface area contributed by atoms with Crippen LogP contribution in [-0.2, 0) is 25.7 Å². The summed E-state index contributed by atoms with van der Waals surface area (Å²) in [6.07, 6.45) is -0.0931. The zero-order valence-electron chi connectivity index (χ0n) is 16.3. The second-order valence-corrected chi connectivity index (χ2v) is 8.04. The molecule has 0 aliphatic carbocycles. The normalized spacial score (nSPS) is 15.1. The van der Waals surface area contributed by atoms with Crippen LogP contribution in [0.4, 0.5) is 11.4 Å². The number of rotatable bonds is 7. The molecule has 1 aliphatic heterocycles. The van der Waals surface area contributed by atoms with Crippen molar-refractivity contribution in [2.75, 3.05) is 30.9 Å². The van der Waals surface area contributed by atoms with Crippen LogP contribution in [0.1, 0.15) is 12.0 Å². The first-order valence-electron chi connectivity index (χ1n) is 9.17. The number of benzene rings is 2. The van der Waals surface area contributed by atoms with Crippen LogP contribution in [0, 0.1) is 0 Å². The average Bonchev–Trinajstić information content (AvgIpc) is 2.71.